The van der Waals surface area contributed by atoms with Gasteiger partial charge in [-0.3, -0.25) is 4.79 Å². The average Bonchev–Trinajstić information content (AvgIpc) is 2.42. The lowest BCUT2D eigenvalue weighted by Gasteiger charge is -2.05. The summed E-state index contributed by atoms with van der Waals surface area (Å²) in [6.07, 6.45) is 2.40. The molecule has 0 saturated heterocycles. The first-order valence-corrected chi connectivity index (χ1v) is 6.00. The molecule has 2 aromatic rings. The van der Waals surface area contributed by atoms with Crippen LogP contribution in [-0.4, -0.2) is 16.4 Å². The number of benzene rings is 1. The minimum absolute atomic E-state index is 0.0689. The van der Waals surface area contributed by atoms with Crippen LogP contribution in [0.2, 0.25) is 0 Å². The summed E-state index contributed by atoms with van der Waals surface area (Å²) in [4.78, 5) is 11.4. The van der Waals surface area contributed by atoms with Crippen LogP contribution in [0.4, 0.5) is 0 Å². The monoisotopic (exact) mass is 244 g/mol. The van der Waals surface area contributed by atoms with E-state index in [2.05, 4.69) is 5.10 Å². The summed E-state index contributed by atoms with van der Waals surface area (Å²) in [5, 5.41) is 3.98. The van der Waals surface area contributed by atoms with Gasteiger partial charge in [0.2, 0.25) is 0 Å². The van der Waals surface area contributed by atoms with Gasteiger partial charge in [0.25, 0.3) is 5.56 Å². The molecule has 0 bridgehead atoms. The van der Waals surface area contributed by atoms with E-state index in [4.69, 9.17) is 4.74 Å². The molecule has 1 aromatic carbocycles. The van der Waals surface area contributed by atoms with Crippen molar-refractivity contribution in [3.8, 4) is 0 Å². The molecule has 4 nitrogen and oxygen atoms in total. The second kappa shape index (κ2) is 6.71. The van der Waals surface area contributed by atoms with Crippen LogP contribution in [0.5, 0.6) is 0 Å². The van der Waals surface area contributed by atoms with E-state index in [1.54, 1.807) is 12.3 Å². The zero-order chi connectivity index (χ0) is 12.6. The summed E-state index contributed by atoms with van der Waals surface area (Å²) in [6, 6.07) is 13.2. The third-order valence-electron chi connectivity index (χ3n) is 2.56. The topological polar surface area (TPSA) is 44.1 Å². The van der Waals surface area contributed by atoms with Crippen LogP contribution < -0.4 is 5.56 Å². The zero-order valence-electron chi connectivity index (χ0n) is 10.2. The molecule has 0 N–H and O–H groups in total. The molecule has 1 heterocycles. The van der Waals surface area contributed by atoms with E-state index in [0.717, 1.165) is 12.0 Å². The predicted octanol–water partition coefficient (Wildman–Crippen LogP) is 1.85. The SMILES string of the molecule is O=c1cccnn1CCCOCc1ccccc1. The molecule has 0 unspecified atom stereocenters. The minimum atomic E-state index is -0.0689. The summed E-state index contributed by atoms with van der Waals surface area (Å²) >= 11 is 0. The molecule has 0 atom stereocenters. The van der Waals surface area contributed by atoms with Crippen molar-refractivity contribution in [1.29, 1.82) is 0 Å². The van der Waals surface area contributed by atoms with Gasteiger partial charge in [0, 0.05) is 25.4 Å². The smallest absolute Gasteiger partial charge is 0.266 e. The van der Waals surface area contributed by atoms with Gasteiger partial charge in [-0.1, -0.05) is 30.3 Å². The maximum absolute atomic E-state index is 11.4. The van der Waals surface area contributed by atoms with Crippen LogP contribution in [0, 0.1) is 0 Å². The maximum atomic E-state index is 11.4. The van der Waals surface area contributed by atoms with Crippen molar-refractivity contribution in [2.24, 2.45) is 0 Å². The molecular weight excluding hydrogens is 228 g/mol. The lowest BCUT2D eigenvalue weighted by molar-refractivity contribution is 0.114. The van der Waals surface area contributed by atoms with E-state index in [1.165, 1.54) is 10.7 Å². The van der Waals surface area contributed by atoms with Gasteiger partial charge in [0.15, 0.2) is 0 Å². The van der Waals surface area contributed by atoms with Gasteiger partial charge < -0.3 is 4.74 Å². The summed E-state index contributed by atoms with van der Waals surface area (Å²) in [5.41, 5.74) is 1.09. The Hall–Kier alpha value is -1.94. The highest BCUT2D eigenvalue weighted by Gasteiger charge is 1.96. The van der Waals surface area contributed by atoms with Gasteiger partial charge in [0.05, 0.1) is 6.61 Å². The Balaban J connectivity index is 1.68. The molecule has 18 heavy (non-hydrogen) atoms. The highest BCUT2D eigenvalue weighted by atomic mass is 16.5. The number of hydrogen-bond donors (Lipinski definition) is 0. The van der Waals surface area contributed by atoms with Crippen molar-refractivity contribution in [3.05, 3.63) is 64.6 Å². The van der Waals surface area contributed by atoms with Crippen LogP contribution in [0.1, 0.15) is 12.0 Å². The quantitative estimate of drug-likeness (QED) is 0.728. The second-order valence-electron chi connectivity index (χ2n) is 3.98. The predicted molar refractivity (Wildman–Crippen MR) is 69.2 cm³/mol. The average molecular weight is 244 g/mol. The van der Waals surface area contributed by atoms with Crippen molar-refractivity contribution in [1.82, 2.24) is 9.78 Å². The summed E-state index contributed by atoms with van der Waals surface area (Å²) in [6.45, 7) is 1.82. The van der Waals surface area contributed by atoms with E-state index in [9.17, 15) is 4.79 Å². The first-order chi connectivity index (χ1) is 8.86. The first-order valence-electron chi connectivity index (χ1n) is 6.00. The van der Waals surface area contributed by atoms with Gasteiger partial charge in [-0.05, 0) is 18.1 Å². The summed E-state index contributed by atoms with van der Waals surface area (Å²) in [7, 11) is 0. The Morgan fingerprint density at radius 2 is 1.94 bits per heavy atom. The van der Waals surface area contributed by atoms with Crippen LogP contribution in [-0.2, 0) is 17.9 Å². The number of aromatic nitrogens is 2. The Kier molecular flexibility index (Phi) is 4.67. The normalized spacial score (nSPS) is 10.4. The standard InChI is InChI=1S/C14H16N2O2/c17-14-8-4-9-15-16(14)10-5-11-18-12-13-6-2-1-3-7-13/h1-4,6-9H,5,10-12H2. The van der Waals surface area contributed by atoms with E-state index in [-0.39, 0.29) is 5.56 Å². The Labute approximate surface area is 106 Å². The fourth-order valence-electron chi connectivity index (χ4n) is 1.64. The highest BCUT2D eigenvalue weighted by Crippen LogP contribution is 2.00. The number of aryl methyl sites for hydroxylation is 1. The number of rotatable bonds is 6. The van der Waals surface area contributed by atoms with Crippen LogP contribution >= 0.6 is 0 Å². The molecular formula is C14H16N2O2. The van der Waals surface area contributed by atoms with Crippen LogP contribution in [0.15, 0.2) is 53.5 Å². The van der Waals surface area contributed by atoms with Gasteiger partial charge in [-0.25, -0.2) is 4.68 Å². The summed E-state index contributed by atoms with van der Waals surface area (Å²) in [5.74, 6) is 0. The summed E-state index contributed by atoms with van der Waals surface area (Å²) < 4.78 is 6.99. The molecule has 0 fully saturated rings. The van der Waals surface area contributed by atoms with Crippen molar-refractivity contribution in [2.75, 3.05) is 6.61 Å². The van der Waals surface area contributed by atoms with Crippen LogP contribution in [0.25, 0.3) is 0 Å². The van der Waals surface area contributed by atoms with Crippen molar-refractivity contribution >= 4 is 0 Å². The lowest BCUT2D eigenvalue weighted by atomic mass is 10.2. The molecule has 0 aliphatic carbocycles. The first kappa shape index (κ1) is 12.5. The van der Waals surface area contributed by atoms with Crippen molar-refractivity contribution in [2.45, 2.75) is 19.6 Å². The Bertz CT molecular complexity index is 523. The van der Waals surface area contributed by atoms with E-state index in [1.807, 2.05) is 30.3 Å². The lowest BCUT2D eigenvalue weighted by Crippen LogP contribution is -2.21. The van der Waals surface area contributed by atoms with Crippen molar-refractivity contribution in [3.63, 3.8) is 0 Å². The van der Waals surface area contributed by atoms with Crippen LogP contribution in [0.3, 0.4) is 0 Å². The highest BCUT2D eigenvalue weighted by molar-refractivity contribution is 5.13. The van der Waals surface area contributed by atoms with E-state index >= 15 is 0 Å². The molecule has 1 aromatic heterocycles. The zero-order valence-corrected chi connectivity index (χ0v) is 10.2. The molecule has 0 amide bonds. The minimum Gasteiger partial charge on any atom is -0.377 e. The van der Waals surface area contributed by atoms with Gasteiger partial charge in [0.1, 0.15) is 0 Å². The van der Waals surface area contributed by atoms with Crippen molar-refractivity contribution < 1.29 is 4.74 Å². The molecule has 0 radical (unpaired) electrons. The Morgan fingerprint density at radius 1 is 1.11 bits per heavy atom. The number of hydrogen-bond acceptors (Lipinski definition) is 3. The number of nitrogens with zero attached hydrogens (tertiary/aromatic N) is 2. The number of ether oxygens (including phenoxy) is 1. The molecule has 0 aliphatic heterocycles. The second-order valence-corrected chi connectivity index (χ2v) is 3.98. The molecule has 0 spiro atoms. The molecule has 0 saturated carbocycles. The molecule has 2 rings (SSSR count). The third kappa shape index (κ3) is 3.82. The van der Waals surface area contributed by atoms with Gasteiger partial charge in [-0.15, -0.1) is 0 Å². The molecule has 0 aliphatic rings. The van der Waals surface area contributed by atoms with E-state index < -0.39 is 0 Å². The van der Waals surface area contributed by atoms with E-state index in [0.29, 0.717) is 19.8 Å². The largest absolute Gasteiger partial charge is 0.377 e. The third-order valence-corrected chi connectivity index (χ3v) is 2.56. The molecule has 4 heteroatoms. The fraction of sp³-hybridized carbons (Fsp3) is 0.286. The Morgan fingerprint density at radius 3 is 2.72 bits per heavy atom. The van der Waals surface area contributed by atoms with Gasteiger partial charge >= 0.3 is 0 Å². The van der Waals surface area contributed by atoms with Gasteiger partial charge in [-0.2, -0.15) is 5.10 Å². The fourth-order valence-corrected chi connectivity index (χ4v) is 1.64. The maximum Gasteiger partial charge on any atom is 0.266 e. The molecule has 94 valence electrons.